The lowest BCUT2D eigenvalue weighted by Crippen LogP contribution is -2.38. The first kappa shape index (κ1) is 19.0. The lowest BCUT2D eigenvalue weighted by atomic mass is 10.1. The van der Waals surface area contributed by atoms with Gasteiger partial charge in [-0.05, 0) is 43.6 Å². The molecule has 0 saturated carbocycles. The summed E-state index contributed by atoms with van der Waals surface area (Å²) >= 11 is 1.33. The molecule has 1 atom stereocenters. The molecule has 0 aromatic heterocycles. The van der Waals surface area contributed by atoms with Crippen LogP contribution >= 0.6 is 11.8 Å². The van der Waals surface area contributed by atoms with Crippen LogP contribution in [0.1, 0.15) is 30.9 Å². The zero-order valence-corrected chi connectivity index (χ0v) is 16.1. The van der Waals surface area contributed by atoms with Gasteiger partial charge in [0.1, 0.15) is 5.75 Å². The molecule has 0 aliphatic carbocycles. The molecule has 2 aliphatic rings. The minimum Gasteiger partial charge on any atom is -0.497 e. The minimum absolute atomic E-state index is 0.00686. The van der Waals surface area contributed by atoms with Gasteiger partial charge in [-0.2, -0.15) is 0 Å². The standard InChI is InChI=1S/C19H27N3O3S/c1-25-16-6-4-15(5-7-16)17(21-9-2-3-10-21)14-20-18(23)8-11-22-12-13-26-19(22)24/h4-7,17H,2-3,8-14H2,1H3,(H,20,23)/t17-/m0/s1. The van der Waals surface area contributed by atoms with Crippen molar-refractivity contribution in [2.75, 3.05) is 45.6 Å². The number of carbonyl (C=O) groups excluding carboxylic acids is 2. The molecular formula is C19H27N3O3S. The quantitative estimate of drug-likeness (QED) is 0.754. The maximum absolute atomic E-state index is 12.3. The average molecular weight is 378 g/mol. The van der Waals surface area contributed by atoms with E-state index in [0.717, 1.165) is 31.1 Å². The second-order valence-electron chi connectivity index (χ2n) is 6.69. The summed E-state index contributed by atoms with van der Waals surface area (Å²) in [5.74, 6) is 1.67. The van der Waals surface area contributed by atoms with Crippen LogP contribution in [0.25, 0.3) is 0 Å². The number of nitrogens with one attached hydrogen (secondary N) is 1. The molecule has 7 heteroatoms. The average Bonchev–Trinajstić information content (AvgIpc) is 3.33. The Morgan fingerprint density at radius 1 is 1.23 bits per heavy atom. The number of likely N-dealkylation sites (tertiary alicyclic amines) is 1. The lowest BCUT2D eigenvalue weighted by Gasteiger charge is -2.28. The number of methoxy groups -OCH3 is 1. The maximum Gasteiger partial charge on any atom is 0.281 e. The largest absolute Gasteiger partial charge is 0.497 e. The third-order valence-corrected chi connectivity index (χ3v) is 5.92. The summed E-state index contributed by atoms with van der Waals surface area (Å²) in [7, 11) is 1.66. The summed E-state index contributed by atoms with van der Waals surface area (Å²) in [5.41, 5.74) is 1.19. The van der Waals surface area contributed by atoms with Gasteiger partial charge in [0, 0.05) is 31.8 Å². The number of carbonyl (C=O) groups is 2. The smallest absolute Gasteiger partial charge is 0.281 e. The third-order valence-electron chi connectivity index (χ3n) is 5.03. The van der Waals surface area contributed by atoms with Crippen LogP contribution in [0.4, 0.5) is 4.79 Å². The predicted octanol–water partition coefficient (Wildman–Crippen LogP) is 2.51. The summed E-state index contributed by atoms with van der Waals surface area (Å²) in [5, 5.41) is 3.16. The number of thioether (sulfide) groups is 1. The van der Waals surface area contributed by atoms with E-state index < -0.39 is 0 Å². The fourth-order valence-corrected chi connectivity index (χ4v) is 4.35. The van der Waals surface area contributed by atoms with E-state index in [1.807, 2.05) is 12.1 Å². The number of rotatable bonds is 8. The molecule has 0 radical (unpaired) electrons. The van der Waals surface area contributed by atoms with Crippen LogP contribution in [0.5, 0.6) is 5.75 Å². The Kier molecular flexibility index (Phi) is 6.80. The fraction of sp³-hybridized carbons (Fsp3) is 0.579. The SMILES string of the molecule is COc1ccc([C@H](CNC(=O)CCN2CCSC2=O)N2CCCC2)cc1. The van der Waals surface area contributed by atoms with Gasteiger partial charge in [-0.25, -0.2) is 0 Å². The van der Waals surface area contributed by atoms with Crippen LogP contribution in [0, 0.1) is 0 Å². The Balaban J connectivity index is 1.55. The van der Waals surface area contributed by atoms with E-state index >= 15 is 0 Å². The normalized spacial score (nSPS) is 19.0. The number of amides is 2. The lowest BCUT2D eigenvalue weighted by molar-refractivity contribution is -0.121. The van der Waals surface area contributed by atoms with Gasteiger partial charge >= 0.3 is 0 Å². The molecule has 0 spiro atoms. The Morgan fingerprint density at radius 3 is 2.58 bits per heavy atom. The van der Waals surface area contributed by atoms with Gasteiger partial charge in [-0.3, -0.25) is 14.5 Å². The molecule has 0 unspecified atom stereocenters. The number of hydrogen-bond acceptors (Lipinski definition) is 5. The second-order valence-corrected chi connectivity index (χ2v) is 7.73. The maximum atomic E-state index is 12.3. The highest BCUT2D eigenvalue weighted by atomic mass is 32.2. The van der Waals surface area contributed by atoms with Crippen molar-refractivity contribution in [2.24, 2.45) is 0 Å². The molecule has 142 valence electrons. The van der Waals surface area contributed by atoms with E-state index in [2.05, 4.69) is 22.3 Å². The predicted molar refractivity (Wildman–Crippen MR) is 104 cm³/mol. The van der Waals surface area contributed by atoms with Crippen molar-refractivity contribution in [3.63, 3.8) is 0 Å². The van der Waals surface area contributed by atoms with Crippen LogP contribution in [0.2, 0.25) is 0 Å². The summed E-state index contributed by atoms with van der Waals surface area (Å²) < 4.78 is 5.24. The highest BCUT2D eigenvalue weighted by molar-refractivity contribution is 8.13. The highest BCUT2D eigenvalue weighted by Gasteiger charge is 2.25. The van der Waals surface area contributed by atoms with E-state index in [1.165, 1.54) is 30.2 Å². The summed E-state index contributed by atoms with van der Waals surface area (Å²) in [6.07, 6.45) is 2.77. The number of benzene rings is 1. The minimum atomic E-state index is 0.00686. The molecule has 0 bridgehead atoms. The molecule has 2 saturated heterocycles. The fourth-order valence-electron chi connectivity index (χ4n) is 3.50. The molecule has 2 heterocycles. The van der Waals surface area contributed by atoms with E-state index in [0.29, 0.717) is 19.5 Å². The van der Waals surface area contributed by atoms with Gasteiger partial charge in [0.2, 0.25) is 5.91 Å². The topological polar surface area (TPSA) is 61.9 Å². The molecule has 1 aromatic rings. The molecule has 2 amide bonds. The van der Waals surface area contributed by atoms with Crippen LogP contribution in [0.3, 0.4) is 0 Å². The van der Waals surface area contributed by atoms with Crippen molar-refractivity contribution >= 4 is 22.9 Å². The van der Waals surface area contributed by atoms with E-state index in [-0.39, 0.29) is 17.2 Å². The van der Waals surface area contributed by atoms with Gasteiger partial charge in [-0.15, -0.1) is 0 Å². The Hall–Kier alpha value is -1.73. The van der Waals surface area contributed by atoms with Crippen LogP contribution in [-0.4, -0.2) is 66.5 Å². The third kappa shape index (κ3) is 4.92. The van der Waals surface area contributed by atoms with E-state index in [1.54, 1.807) is 12.0 Å². The Morgan fingerprint density at radius 2 is 1.96 bits per heavy atom. The van der Waals surface area contributed by atoms with Crippen LogP contribution in [-0.2, 0) is 4.79 Å². The molecule has 2 fully saturated rings. The van der Waals surface area contributed by atoms with Crippen LogP contribution in [0.15, 0.2) is 24.3 Å². The van der Waals surface area contributed by atoms with Crippen molar-refractivity contribution in [1.29, 1.82) is 0 Å². The number of hydrogen-bond donors (Lipinski definition) is 1. The van der Waals surface area contributed by atoms with Crippen molar-refractivity contribution in [1.82, 2.24) is 15.1 Å². The van der Waals surface area contributed by atoms with Crippen molar-refractivity contribution in [3.8, 4) is 5.75 Å². The summed E-state index contributed by atoms with van der Waals surface area (Å²) in [6, 6.07) is 8.27. The summed E-state index contributed by atoms with van der Waals surface area (Å²) in [6.45, 7) is 3.97. The molecule has 2 aliphatic heterocycles. The van der Waals surface area contributed by atoms with E-state index in [4.69, 9.17) is 4.74 Å². The zero-order valence-electron chi connectivity index (χ0n) is 15.3. The molecule has 1 aromatic carbocycles. The van der Waals surface area contributed by atoms with Gasteiger partial charge in [0.25, 0.3) is 5.24 Å². The second kappa shape index (κ2) is 9.28. The summed E-state index contributed by atoms with van der Waals surface area (Å²) in [4.78, 5) is 28.1. The molecule has 1 N–H and O–H groups in total. The first-order valence-corrected chi connectivity index (χ1v) is 10.2. The van der Waals surface area contributed by atoms with Crippen LogP contribution < -0.4 is 10.1 Å². The molecule has 26 heavy (non-hydrogen) atoms. The van der Waals surface area contributed by atoms with Gasteiger partial charge in [0.05, 0.1) is 13.2 Å². The van der Waals surface area contributed by atoms with Crippen molar-refractivity contribution in [3.05, 3.63) is 29.8 Å². The van der Waals surface area contributed by atoms with Gasteiger partial charge in [0.15, 0.2) is 0 Å². The number of nitrogens with zero attached hydrogens (tertiary/aromatic N) is 2. The molecule has 6 nitrogen and oxygen atoms in total. The first-order chi connectivity index (χ1) is 12.7. The van der Waals surface area contributed by atoms with Gasteiger partial charge < -0.3 is 15.0 Å². The molecular weight excluding hydrogens is 350 g/mol. The van der Waals surface area contributed by atoms with Crippen molar-refractivity contribution in [2.45, 2.75) is 25.3 Å². The van der Waals surface area contributed by atoms with Crippen molar-refractivity contribution < 1.29 is 14.3 Å². The monoisotopic (exact) mass is 377 g/mol. The Labute approximate surface area is 159 Å². The zero-order chi connectivity index (χ0) is 18.4. The molecule has 3 rings (SSSR count). The first-order valence-electron chi connectivity index (χ1n) is 9.24. The highest BCUT2D eigenvalue weighted by Crippen LogP contribution is 2.26. The van der Waals surface area contributed by atoms with Gasteiger partial charge in [-0.1, -0.05) is 23.9 Å². The number of ether oxygens (including phenoxy) is 1. The Bertz CT molecular complexity index is 617. The van der Waals surface area contributed by atoms with E-state index in [9.17, 15) is 9.59 Å².